The van der Waals surface area contributed by atoms with Crippen LogP contribution in [-0.2, 0) is 10.1 Å². The molecule has 0 bridgehead atoms. The molecule has 2 aliphatic rings. The highest BCUT2D eigenvalue weighted by molar-refractivity contribution is 8.19. The summed E-state index contributed by atoms with van der Waals surface area (Å²) in [5.41, 5.74) is 1.18. The number of rotatable bonds is 4. The first-order valence-corrected chi connectivity index (χ1v) is 11.3. The molecule has 0 atom stereocenters. The number of hydrogen-bond acceptors (Lipinski definition) is 7. The zero-order valence-corrected chi connectivity index (χ0v) is 15.7. The molecule has 132 valence electrons. The molecule has 0 aromatic heterocycles. The Bertz CT molecular complexity index is 858. The molecular weight excluding hydrogens is 380 g/mol. The minimum Gasteiger partial charge on any atom is -0.486 e. The average Bonchev–Trinajstić information content (AvgIpc) is 3.16. The molecule has 0 saturated carbocycles. The van der Waals surface area contributed by atoms with Crippen LogP contribution in [0.3, 0.4) is 0 Å². The fraction of sp³-hybridized carbons (Fsp3) is 0.294. The second kappa shape index (κ2) is 7.01. The molecule has 0 spiro atoms. The summed E-state index contributed by atoms with van der Waals surface area (Å²) in [5.74, 6) is 3.55. The second-order valence-electron chi connectivity index (χ2n) is 5.49. The molecule has 1 fully saturated rings. The third-order valence-electron chi connectivity index (χ3n) is 3.78. The first-order chi connectivity index (χ1) is 12.1. The molecule has 2 heterocycles. The van der Waals surface area contributed by atoms with Crippen molar-refractivity contribution < 1.29 is 22.1 Å². The topological polar surface area (TPSA) is 61.8 Å². The van der Waals surface area contributed by atoms with Crippen LogP contribution in [0.4, 0.5) is 0 Å². The van der Waals surface area contributed by atoms with Crippen LogP contribution < -0.4 is 13.7 Å². The predicted octanol–water partition coefficient (Wildman–Crippen LogP) is 3.70. The lowest BCUT2D eigenvalue weighted by Crippen LogP contribution is -2.16. The number of benzene rings is 2. The first-order valence-electron chi connectivity index (χ1n) is 7.79. The molecule has 0 radical (unpaired) electrons. The lowest BCUT2D eigenvalue weighted by Gasteiger charge is -2.18. The Morgan fingerprint density at radius 3 is 2.32 bits per heavy atom. The molecule has 5 nitrogen and oxygen atoms in total. The van der Waals surface area contributed by atoms with Crippen LogP contribution in [0, 0.1) is 0 Å². The molecule has 0 aliphatic carbocycles. The van der Waals surface area contributed by atoms with E-state index in [4.69, 9.17) is 13.7 Å². The van der Waals surface area contributed by atoms with E-state index in [0.717, 1.165) is 11.5 Å². The minimum absolute atomic E-state index is 0.0442. The van der Waals surface area contributed by atoms with Gasteiger partial charge >= 0.3 is 10.1 Å². The quantitative estimate of drug-likeness (QED) is 0.730. The number of fused-ring (bicyclic) bond motifs is 1. The SMILES string of the molecule is O=S(=O)(Oc1ccc(C2SCCS2)cc1)c1ccc2c(c1)OCCO2. The van der Waals surface area contributed by atoms with E-state index < -0.39 is 10.1 Å². The van der Waals surface area contributed by atoms with Gasteiger partial charge in [0.2, 0.25) is 0 Å². The Hall–Kier alpha value is -1.51. The van der Waals surface area contributed by atoms with Gasteiger partial charge in [-0.25, -0.2) is 0 Å². The summed E-state index contributed by atoms with van der Waals surface area (Å²) in [5, 5.41) is 0. The highest BCUT2D eigenvalue weighted by Gasteiger charge is 2.22. The molecule has 8 heteroatoms. The molecule has 2 aromatic carbocycles. The lowest BCUT2D eigenvalue weighted by molar-refractivity contribution is 0.171. The summed E-state index contributed by atoms with van der Waals surface area (Å²) in [6, 6.07) is 11.7. The van der Waals surface area contributed by atoms with Crippen LogP contribution in [0.25, 0.3) is 0 Å². The van der Waals surface area contributed by atoms with Crippen molar-refractivity contribution in [3.05, 3.63) is 48.0 Å². The van der Waals surface area contributed by atoms with Crippen LogP contribution in [0.2, 0.25) is 0 Å². The Morgan fingerprint density at radius 2 is 1.60 bits per heavy atom. The van der Waals surface area contributed by atoms with E-state index in [1.165, 1.54) is 17.7 Å². The standard InChI is InChI=1S/C17H16O5S3/c18-25(19,14-5-6-15-16(11-14)21-8-7-20-15)22-13-3-1-12(2-4-13)17-23-9-10-24-17/h1-6,11,17H,7-10H2. The van der Waals surface area contributed by atoms with Crippen molar-refractivity contribution in [1.82, 2.24) is 0 Å². The van der Waals surface area contributed by atoms with Gasteiger partial charge in [0.05, 0.1) is 4.58 Å². The Labute approximate surface area is 155 Å². The highest BCUT2D eigenvalue weighted by Crippen LogP contribution is 2.45. The van der Waals surface area contributed by atoms with Crippen molar-refractivity contribution >= 4 is 33.6 Å². The zero-order chi connectivity index (χ0) is 17.3. The highest BCUT2D eigenvalue weighted by atomic mass is 32.2. The van der Waals surface area contributed by atoms with E-state index >= 15 is 0 Å². The number of thioether (sulfide) groups is 2. The van der Waals surface area contributed by atoms with Crippen LogP contribution in [0.15, 0.2) is 47.4 Å². The summed E-state index contributed by atoms with van der Waals surface area (Å²) in [6.07, 6.45) is 0. The average molecular weight is 397 g/mol. The third-order valence-corrected chi connectivity index (χ3v) is 8.13. The van der Waals surface area contributed by atoms with Gasteiger partial charge in [-0.15, -0.1) is 23.5 Å². The molecule has 2 aliphatic heterocycles. The van der Waals surface area contributed by atoms with Crippen molar-refractivity contribution in [2.45, 2.75) is 9.48 Å². The Balaban J connectivity index is 1.52. The molecule has 0 N–H and O–H groups in total. The molecule has 25 heavy (non-hydrogen) atoms. The minimum atomic E-state index is -3.92. The summed E-state index contributed by atoms with van der Waals surface area (Å²) < 4.78 is 41.5. The molecule has 0 amide bonds. The van der Waals surface area contributed by atoms with E-state index in [0.29, 0.717) is 35.0 Å². The normalized spacial score (nSPS) is 17.4. The smallest absolute Gasteiger partial charge is 0.339 e. The Kier molecular flexibility index (Phi) is 4.75. The monoisotopic (exact) mass is 396 g/mol. The first kappa shape index (κ1) is 16.9. The molecule has 4 rings (SSSR count). The fourth-order valence-corrected chi connectivity index (χ4v) is 6.39. The van der Waals surface area contributed by atoms with Crippen LogP contribution in [-0.4, -0.2) is 33.1 Å². The van der Waals surface area contributed by atoms with Gasteiger partial charge in [0.25, 0.3) is 0 Å². The van der Waals surface area contributed by atoms with Crippen molar-refractivity contribution in [3.8, 4) is 17.2 Å². The summed E-state index contributed by atoms with van der Waals surface area (Å²) in [7, 11) is -3.92. The summed E-state index contributed by atoms with van der Waals surface area (Å²) in [6.45, 7) is 0.857. The zero-order valence-electron chi connectivity index (χ0n) is 13.2. The summed E-state index contributed by atoms with van der Waals surface area (Å²) in [4.78, 5) is 0.0442. The third kappa shape index (κ3) is 3.70. The molecule has 0 unspecified atom stereocenters. The number of ether oxygens (including phenoxy) is 2. The maximum absolute atomic E-state index is 12.5. The van der Waals surface area contributed by atoms with Gasteiger partial charge in [-0.05, 0) is 29.8 Å². The maximum atomic E-state index is 12.5. The number of hydrogen-bond donors (Lipinski definition) is 0. The van der Waals surface area contributed by atoms with E-state index in [9.17, 15) is 8.42 Å². The van der Waals surface area contributed by atoms with Gasteiger partial charge in [-0.1, -0.05) is 12.1 Å². The Morgan fingerprint density at radius 1 is 0.920 bits per heavy atom. The van der Waals surface area contributed by atoms with E-state index in [2.05, 4.69) is 0 Å². The van der Waals surface area contributed by atoms with Gasteiger partial charge in [-0.2, -0.15) is 8.42 Å². The van der Waals surface area contributed by atoms with E-state index in [-0.39, 0.29) is 4.90 Å². The summed E-state index contributed by atoms with van der Waals surface area (Å²) >= 11 is 3.81. The lowest BCUT2D eigenvalue weighted by atomic mass is 10.2. The van der Waals surface area contributed by atoms with Gasteiger partial charge in [0.15, 0.2) is 11.5 Å². The predicted molar refractivity (Wildman–Crippen MR) is 99.3 cm³/mol. The van der Waals surface area contributed by atoms with Gasteiger partial charge in [0.1, 0.15) is 23.9 Å². The van der Waals surface area contributed by atoms with Gasteiger partial charge in [0, 0.05) is 17.6 Å². The van der Waals surface area contributed by atoms with Gasteiger partial charge in [-0.3, -0.25) is 0 Å². The largest absolute Gasteiger partial charge is 0.486 e. The molecule has 1 saturated heterocycles. The van der Waals surface area contributed by atoms with E-state index in [1.807, 2.05) is 35.7 Å². The van der Waals surface area contributed by atoms with Crippen molar-refractivity contribution in [2.75, 3.05) is 24.7 Å². The van der Waals surface area contributed by atoms with Crippen molar-refractivity contribution in [1.29, 1.82) is 0 Å². The molecular formula is C17H16O5S3. The second-order valence-corrected chi connectivity index (χ2v) is 9.76. The maximum Gasteiger partial charge on any atom is 0.339 e. The molecule has 2 aromatic rings. The van der Waals surface area contributed by atoms with E-state index in [1.54, 1.807) is 18.2 Å². The van der Waals surface area contributed by atoms with Crippen molar-refractivity contribution in [3.63, 3.8) is 0 Å². The van der Waals surface area contributed by atoms with Gasteiger partial charge < -0.3 is 13.7 Å². The van der Waals surface area contributed by atoms with Crippen LogP contribution >= 0.6 is 23.5 Å². The fourth-order valence-electron chi connectivity index (χ4n) is 2.59. The van der Waals surface area contributed by atoms with Crippen LogP contribution in [0.1, 0.15) is 10.1 Å². The van der Waals surface area contributed by atoms with Crippen LogP contribution in [0.5, 0.6) is 17.2 Å². The van der Waals surface area contributed by atoms with Crippen molar-refractivity contribution in [2.24, 2.45) is 0 Å².